The Morgan fingerprint density at radius 2 is 1.78 bits per heavy atom. The first-order valence-corrected chi connectivity index (χ1v) is 11.3. The fraction of sp³-hybridized carbons (Fsp3) is 0.0455. The second-order valence-electron chi connectivity index (χ2n) is 6.54. The van der Waals surface area contributed by atoms with E-state index in [9.17, 15) is 14.4 Å². The number of carbonyl (C=O) groups excluding carboxylic acids is 3. The molecule has 1 aliphatic heterocycles. The van der Waals surface area contributed by atoms with Gasteiger partial charge in [-0.25, -0.2) is 9.78 Å². The number of amides is 2. The molecular weight excluding hydrogens is 466 g/mol. The van der Waals surface area contributed by atoms with Gasteiger partial charge in [-0.15, -0.1) is 11.3 Å². The van der Waals surface area contributed by atoms with Crippen molar-refractivity contribution in [2.75, 3.05) is 12.4 Å². The minimum atomic E-state index is -0.404. The predicted octanol–water partition coefficient (Wildman–Crippen LogP) is 4.34. The number of nitrogens with one attached hydrogen (secondary N) is 2. The van der Waals surface area contributed by atoms with E-state index in [1.54, 1.807) is 54.6 Å². The van der Waals surface area contributed by atoms with E-state index in [2.05, 4.69) is 15.6 Å². The molecule has 0 spiro atoms. The molecule has 2 heterocycles. The number of carbonyl (C=O) groups is 3. The molecule has 0 bridgehead atoms. The molecule has 7 nitrogen and oxygen atoms in total. The lowest BCUT2D eigenvalue weighted by Gasteiger charge is -2.03. The number of thiocarbonyl (C=S) groups is 1. The van der Waals surface area contributed by atoms with Gasteiger partial charge in [-0.3, -0.25) is 14.9 Å². The van der Waals surface area contributed by atoms with Crippen LogP contribution >= 0.6 is 35.3 Å². The number of thiazole rings is 1. The van der Waals surface area contributed by atoms with E-state index in [4.69, 9.17) is 17.0 Å². The average molecular weight is 482 g/mol. The fourth-order valence-corrected chi connectivity index (χ4v) is 4.59. The van der Waals surface area contributed by atoms with E-state index in [1.165, 1.54) is 30.2 Å². The van der Waals surface area contributed by atoms with Crippen molar-refractivity contribution in [2.24, 2.45) is 0 Å². The van der Waals surface area contributed by atoms with Crippen LogP contribution in [-0.2, 0) is 9.53 Å². The van der Waals surface area contributed by atoms with Crippen molar-refractivity contribution in [3.8, 4) is 11.3 Å². The Morgan fingerprint density at radius 3 is 2.41 bits per heavy atom. The van der Waals surface area contributed by atoms with Crippen LogP contribution in [0.15, 0.2) is 58.8 Å². The molecule has 0 atom stereocenters. The molecule has 0 radical (unpaired) electrons. The van der Waals surface area contributed by atoms with E-state index >= 15 is 0 Å². The molecule has 2 aromatic carbocycles. The summed E-state index contributed by atoms with van der Waals surface area (Å²) in [4.78, 5) is 40.8. The molecule has 2 amide bonds. The molecule has 1 saturated heterocycles. The number of benzene rings is 2. The number of nitrogens with zero attached hydrogens (tertiary/aromatic N) is 1. The monoisotopic (exact) mass is 481 g/mol. The lowest BCUT2D eigenvalue weighted by Crippen LogP contribution is -2.17. The normalized spacial score (nSPS) is 14.3. The van der Waals surface area contributed by atoms with E-state index in [0.29, 0.717) is 31.2 Å². The smallest absolute Gasteiger partial charge is 0.337 e. The summed E-state index contributed by atoms with van der Waals surface area (Å²) in [6.07, 6.45) is 1.72. The molecule has 1 aromatic heterocycles. The quantitative estimate of drug-likeness (QED) is 0.318. The molecule has 0 unspecified atom stereocenters. The lowest BCUT2D eigenvalue weighted by atomic mass is 10.1. The van der Waals surface area contributed by atoms with Gasteiger partial charge in [0.2, 0.25) is 0 Å². The highest BCUT2D eigenvalue weighted by Gasteiger charge is 2.22. The van der Waals surface area contributed by atoms with E-state index in [0.717, 1.165) is 11.1 Å². The van der Waals surface area contributed by atoms with Crippen LogP contribution in [-0.4, -0.2) is 34.2 Å². The standard InChI is InChI=1S/C22H15N3O4S3/c1-29-20(28)15-8-6-13(7-9-15)16-11-31-21(23-16)24-18(26)14-4-2-12(3-5-14)10-17-19(27)25-22(30)32-17/h2-11H,1H3,(H,23,24,26)(H,25,27,30)/b17-10-. The lowest BCUT2D eigenvalue weighted by molar-refractivity contribution is -0.115. The number of methoxy groups -OCH3 is 1. The van der Waals surface area contributed by atoms with Crippen LogP contribution in [0.4, 0.5) is 5.13 Å². The Labute approximate surface area is 196 Å². The first kappa shape index (κ1) is 21.9. The highest BCUT2D eigenvalue weighted by Crippen LogP contribution is 2.27. The maximum absolute atomic E-state index is 12.6. The summed E-state index contributed by atoms with van der Waals surface area (Å²) >= 11 is 7.49. The van der Waals surface area contributed by atoms with Gasteiger partial charge in [0.15, 0.2) is 5.13 Å². The summed E-state index contributed by atoms with van der Waals surface area (Å²) in [6, 6.07) is 13.7. The number of aromatic nitrogens is 1. The Balaban J connectivity index is 1.42. The molecular formula is C22H15N3O4S3. The molecule has 1 fully saturated rings. The number of hydrogen-bond donors (Lipinski definition) is 2. The maximum atomic E-state index is 12.6. The third kappa shape index (κ3) is 4.93. The van der Waals surface area contributed by atoms with Gasteiger partial charge in [0.05, 0.1) is 23.3 Å². The zero-order valence-electron chi connectivity index (χ0n) is 16.6. The van der Waals surface area contributed by atoms with Crippen LogP contribution in [0.25, 0.3) is 17.3 Å². The van der Waals surface area contributed by atoms with Gasteiger partial charge < -0.3 is 10.1 Å². The number of rotatable bonds is 5. The van der Waals surface area contributed by atoms with Gasteiger partial charge in [0.1, 0.15) is 4.32 Å². The van der Waals surface area contributed by atoms with Gasteiger partial charge in [-0.1, -0.05) is 48.2 Å². The minimum absolute atomic E-state index is 0.221. The molecule has 4 rings (SSSR count). The molecule has 3 aromatic rings. The fourth-order valence-electron chi connectivity index (χ4n) is 2.83. The van der Waals surface area contributed by atoms with Crippen molar-refractivity contribution in [1.82, 2.24) is 10.3 Å². The molecule has 1 aliphatic rings. The summed E-state index contributed by atoms with van der Waals surface area (Å²) in [5, 5.41) is 7.64. The predicted molar refractivity (Wildman–Crippen MR) is 130 cm³/mol. The van der Waals surface area contributed by atoms with Gasteiger partial charge in [-0.05, 0) is 35.9 Å². The van der Waals surface area contributed by atoms with Crippen LogP contribution in [0.5, 0.6) is 0 Å². The molecule has 32 heavy (non-hydrogen) atoms. The first-order chi connectivity index (χ1) is 15.4. The topological polar surface area (TPSA) is 97.4 Å². The van der Waals surface area contributed by atoms with Gasteiger partial charge in [0.25, 0.3) is 11.8 Å². The van der Waals surface area contributed by atoms with Crippen molar-refractivity contribution >= 4 is 68.6 Å². The SMILES string of the molecule is COC(=O)c1ccc(-c2csc(NC(=O)c3ccc(/C=C4\SC(=S)NC4=O)cc3)n2)cc1. The Hall–Kier alpha value is -3.34. The number of anilines is 1. The minimum Gasteiger partial charge on any atom is -0.465 e. The zero-order valence-corrected chi connectivity index (χ0v) is 19.0. The van der Waals surface area contributed by atoms with Crippen molar-refractivity contribution in [3.63, 3.8) is 0 Å². The largest absolute Gasteiger partial charge is 0.465 e. The van der Waals surface area contributed by atoms with Gasteiger partial charge in [-0.2, -0.15) is 0 Å². The summed E-state index contributed by atoms with van der Waals surface area (Å²) in [7, 11) is 1.33. The summed E-state index contributed by atoms with van der Waals surface area (Å²) in [6.45, 7) is 0. The van der Waals surface area contributed by atoms with Crippen molar-refractivity contribution in [1.29, 1.82) is 0 Å². The highest BCUT2D eigenvalue weighted by atomic mass is 32.2. The molecule has 0 aliphatic carbocycles. The van der Waals surface area contributed by atoms with Crippen LogP contribution in [0.2, 0.25) is 0 Å². The number of hydrogen-bond acceptors (Lipinski definition) is 8. The van der Waals surface area contributed by atoms with Crippen molar-refractivity contribution < 1.29 is 19.1 Å². The van der Waals surface area contributed by atoms with Crippen LogP contribution in [0.3, 0.4) is 0 Å². The van der Waals surface area contributed by atoms with Gasteiger partial charge >= 0.3 is 5.97 Å². The molecule has 10 heteroatoms. The zero-order chi connectivity index (χ0) is 22.7. The number of thioether (sulfide) groups is 1. The van der Waals surface area contributed by atoms with Crippen LogP contribution in [0.1, 0.15) is 26.3 Å². The first-order valence-electron chi connectivity index (χ1n) is 9.23. The maximum Gasteiger partial charge on any atom is 0.337 e. The summed E-state index contributed by atoms with van der Waals surface area (Å²) in [5.74, 6) is -0.916. The van der Waals surface area contributed by atoms with Crippen LogP contribution < -0.4 is 10.6 Å². The van der Waals surface area contributed by atoms with Gasteiger partial charge in [0, 0.05) is 16.5 Å². The third-order valence-electron chi connectivity index (χ3n) is 4.44. The average Bonchev–Trinajstić information content (AvgIpc) is 3.39. The number of esters is 1. The van der Waals surface area contributed by atoms with E-state index < -0.39 is 5.97 Å². The second-order valence-corrected chi connectivity index (χ2v) is 9.11. The van der Waals surface area contributed by atoms with Crippen molar-refractivity contribution in [3.05, 3.63) is 75.5 Å². The number of ether oxygens (including phenoxy) is 1. The Kier molecular flexibility index (Phi) is 6.45. The highest BCUT2D eigenvalue weighted by molar-refractivity contribution is 8.26. The molecule has 160 valence electrons. The van der Waals surface area contributed by atoms with Crippen LogP contribution in [0, 0.1) is 0 Å². The Bertz CT molecular complexity index is 1250. The third-order valence-corrected chi connectivity index (χ3v) is 6.36. The summed E-state index contributed by atoms with van der Waals surface area (Å²) in [5.41, 5.74) is 3.21. The molecule has 0 saturated carbocycles. The Morgan fingerprint density at radius 1 is 1.09 bits per heavy atom. The second kappa shape index (κ2) is 9.43. The van der Waals surface area contributed by atoms with Crippen molar-refractivity contribution in [2.45, 2.75) is 0 Å². The molecule has 2 N–H and O–H groups in total. The van der Waals surface area contributed by atoms with E-state index in [-0.39, 0.29) is 11.8 Å². The summed E-state index contributed by atoms with van der Waals surface area (Å²) < 4.78 is 5.12. The van der Waals surface area contributed by atoms with E-state index in [1.807, 2.05) is 5.38 Å².